The minimum absolute atomic E-state index is 0.0241. The van der Waals surface area contributed by atoms with Gasteiger partial charge in [-0.25, -0.2) is 4.98 Å². The fourth-order valence-corrected chi connectivity index (χ4v) is 5.66. The predicted molar refractivity (Wildman–Crippen MR) is 167 cm³/mol. The van der Waals surface area contributed by atoms with Gasteiger partial charge in [0, 0.05) is 86.8 Å². The predicted octanol–water partition coefficient (Wildman–Crippen LogP) is 3.73. The number of nitrogens with one attached hydrogen (secondary N) is 2. The third-order valence-corrected chi connectivity index (χ3v) is 8.24. The minimum Gasteiger partial charge on any atom is -0.497 e. The number of anilines is 1. The molecule has 0 unspecified atom stereocenters. The molecule has 2 saturated heterocycles. The van der Waals surface area contributed by atoms with Crippen molar-refractivity contribution in [2.45, 2.75) is 39.3 Å². The molecule has 2 aliphatic heterocycles. The Bertz CT molecular complexity index is 1560. The Kier molecular flexibility index (Phi) is 9.84. The number of hydrogen-bond acceptors (Lipinski definition) is 9. The molecular weight excluding hydrogens is 572 g/mol. The molecule has 0 aliphatic carbocycles. The fourth-order valence-electron chi connectivity index (χ4n) is 5.37. The molecule has 2 fully saturated rings. The minimum atomic E-state index is -0.241. The monoisotopic (exact) mass is 610 g/mol. The average molecular weight is 611 g/mol. The first-order valence-electron chi connectivity index (χ1n) is 14.6. The lowest BCUT2D eigenvalue weighted by Gasteiger charge is -2.39. The number of carbonyl (C=O) groups excluding carboxylic acids is 1. The number of ether oxygens (including phenoxy) is 3. The van der Waals surface area contributed by atoms with Crippen LogP contribution in [0.3, 0.4) is 0 Å². The molecule has 0 saturated carbocycles. The highest BCUT2D eigenvalue weighted by Gasteiger charge is 2.29. The van der Waals surface area contributed by atoms with E-state index in [2.05, 4.69) is 15.6 Å². The Morgan fingerprint density at radius 1 is 1.14 bits per heavy atom. The molecule has 4 heterocycles. The van der Waals surface area contributed by atoms with Crippen LogP contribution in [-0.2, 0) is 16.1 Å². The van der Waals surface area contributed by atoms with Gasteiger partial charge in [-0.15, -0.1) is 0 Å². The number of amides is 1. The average Bonchev–Trinajstić information content (AvgIpc) is 2.98. The fraction of sp³-hybridized carbons (Fsp3) is 0.484. The van der Waals surface area contributed by atoms with Gasteiger partial charge < -0.3 is 29.7 Å². The summed E-state index contributed by atoms with van der Waals surface area (Å²) in [6.07, 6.45) is 5.36. The largest absolute Gasteiger partial charge is 0.497 e. The lowest BCUT2D eigenvalue weighted by molar-refractivity contribution is -0.130. The van der Waals surface area contributed by atoms with Crippen molar-refractivity contribution < 1.29 is 19.0 Å². The topological polar surface area (TPSA) is 120 Å². The number of rotatable bonds is 11. The molecule has 0 atom stereocenters. The van der Waals surface area contributed by atoms with Crippen molar-refractivity contribution in [1.82, 2.24) is 24.8 Å². The number of carbonyl (C=O) groups is 1. The summed E-state index contributed by atoms with van der Waals surface area (Å²) in [6, 6.07) is 5.33. The second-order valence-electron chi connectivity index (χ2n) is 11.2. The van der Waals surface area contributed by atoms with E-state index in [1.54, 1.807) is 47.0 Å². The van der Waals surface area contributed by atoms with Gasteiger partial charge in [0.1, 0.15) is 17.1 Å². The summed E-state index contributed by atoms with van der Waals surface area (Å²) in [5.41, 5.74) is 2.16. The number of likely N-dealkylation sites (tertiary alicyclic amines) is 1. The summed E-state index contributed by atoms with van der Waals surface area (Å²) in [4.78, 5) is 37.5. The number of fused-ring (bicyclic) bond motifs is 1. The molecule has 0 bridgehead atoms. The van der Waals surface area contributed by atoms with Crippen LogP contribution in [0.4, 0.5) is 5.95 Å². The number of nitrogens with zero attached hydrogens (tertiary/aromatic N) is 4. The Morgan fingerprint density at radius 3 is 2.60 bits per heavy atom. The van der Waals surface area contributed by atoms with Crippen LogP contribution >= 0.6 is 11.6 Å². The van der Waals surface area contributed by atoms with Crippen LogP contribution in [-0.4, -0.2) is 85.0 Å². The Hall–Kier alpha value is -3.67. The van der Waals surface area contributed by atoms with Gasteiger partial charge in [-0.3, -0.25) is 14.2 Å². The maximum atomic E-state index is 14.1. The number of allylic oxidation sites excluding steroid dienone is 1. The zero-order valence-electron chi connectivity index (χ0n) is 25.1. The SMILES string of the molecule is COc1cc(OC)c(Cl)c(-c2cc3cnc(NCC4CCOCC4)nc3n(CCNC3CN(C(=O)C=C(C)C)C3)c2=O)c1. The summed E-state index contributed by atoms with van der Waals surface area (Å²) in [5, 5.41) is 7.85. The van der Waals surface area contributed by atoms with Crippen molar-refractivity contribution >= 4 is 34.5 Å². The number of pyridine rings is 1. The third-order valence-electron chi connectivity index (χ3n) is 7.85. The van der Waals surface area contributed by atoms with E-state index in [0.29, 0.717) is 76.7 Å². The summed E-state index contributed by atoms with van der Waals surface area (Å²) in [7, 11) is 3.07. The molecule has 11 nitrogen and oxygen atoms in total. The van der Waals surface area contributed by atoms with Crippen LogP contribution in [0.25, 0.3) is 22.2 Å². The lowest BCUT2D eigenvalue weighted by atomic mass is 10.0. The maximum Gasteiger partial charge on any atom is 0.260 e. The summed E-state index contributed by atoms with van der Waals surface area (Å²) in [5.74, 6) is 1.91. The molecule has 3 aromatic rings. The Morgan fingerprint density at radius 2 is 1.91 bits per heavy atom. The molecule has 0 spiro atoms. The van der Waals surface area contributed by atoms with Crippen molar-refractivity contribution in [3.63, 3.8) is 0 Å². The van der Waals surface area contributed by atoms with Gasteiger partial charge in [0.2, 0.25) is 11.9 Å². The van der Waals surface area contributed by atoms with Gasteiger partial charge >= 0.3 is 0 Å². The van der Waals surface area contributed by atoms with Crippen molar-refractivity contribution in [3.8, 4) is 22.6 Å². The third kappa shape index (κ3) is 7.11. The molecule has 5 rings (SSSR count). The van der Waals surface area contributed by atoms with E-state index in [9.17, 15) is 9.59 Å². The second-order valence-corrected chi connectivity index (χ2v) is 11.6. The molecule has 12 heteroatoms. The standard InChI is InChI=1S/C31H39ClN6O5/c1-19(2)11-27(39)37-17-22(18-37)33-7-8-38-29-21(16-35-31(36-29)34-15-20-5-9-43-10-6-20)12-25(30(38)40)24-13-23(41-3)14-26(42-4)28(24)32/h11-14,16,20,22,33H,5-10,15,17-18H2,1-4H3,(H,34,35,36). The highest BCUT2D eigenvalue weighted by molar-refractivity contribution is 6.35. The maximum absolute atomic E-state index is 14.1. The first-order chi connectivity index (χ1) is 20.8. The molecule has 2 N–H and O–H groups in total. The zero-order chi connectivity index (χ0) is 30.5. The first-order valence-corrected chi connectivity index (χ1v) is 15.0. The Labute approximate surface area is 256 Å². The first kappa shape index (κ1) is 30.8. The van der Waals surface area contributed by atoms with Crippen molar-refractivity contribution in [2.75, 3.05) is 58.9 Å². The Balaban J connectivity index is 1.43. The summed E-state index contributed by atoms with van der Waals surface area (Å²) >= 11 is 6.70. The summed E-state index contributed by atoms with van der Waals surface area (Å²) < 4.78 is 18.0. The van der Waals surface area contributed by atoms with Crippen LogP contribution in [0.15, 0.2) is 40.8 Å². The number of methoxy groups -OCH3 is 2. The molecule has 230 valence electrons. The van der Waals surface area contributed by atoms with Crippen LogP contribution in [0.2, 0.25) is 5.02 Å². The number of benzene rings is 1. The van der Waals surface area contributed by atoms with E-state index in [4.69, 9.17) is 30.8 Å². The molecule has 0 radical (unpaired) electrons. The van der Waals surface area contributed by atoms with Gasteiger partial charge in [-0.1, -0.05) is 17.2 Å². The normalized spacial score (nSPS) is 15.7. The molecule has 1 aromatic carbocycles. The molecule has 1 amide bonds. The highest BCUT2D eigenvalue weighted by atomic mass is 35.5. The zero-order valence-corrected chi connectivity index (χ0v) is 25.9. The lowest BCUT2D eigenvalue weighted by Crippen LogP contribution is -2.60. The highest BCUT2D eigenvalue weighted by Crippen LogP contribution is 2.38. The van der Waals surface area contributed by atoms with Gasteiger partial charge in [0.25, 0.3) is 5.56 Å². The quantitative estimate of drug-likeness (QED) is 0.313. The van der Waals surface area contributed by atoms with Gasteiger partial charge in [-0.05, 0) is 44.7 Å². The molecular formula is C31H39ClN6O5. The van der Waals surface area contributed by atoms with Crippen molar-refractivity contribution in [2.24, 2.45) is 5.92 Å². The van der Waals surface area contributed by atoms with Crippen LogP contribution in [0, 0.1) is 5.92 Å². The van der Waals surface area contributed by atoms with E-state index in [-0.39, 0.29) is 17.5 Å². The van der Waals surface area contributed by atoms with E-state index >= 15 is 0 Å². The van der Waals surface area contributed by atoms with Gasteiger partial charge in [0.05, 0.1) is 19.2 Å². The molecule has 43 heavy (non-hydrogen) atoms. The smallest absolute Gasteiger partial charge is 0.260 e. The van der Waals surface area contributed by atoms with Crippen LogP contribution < -0.4 is 25.7 Å². The van der Waals surface area contributed by atoms with E-state index in [1.165, 1.54) is 7.11 Å². The van der Waals surface area contributed by atoms with Gasteiger partial charge in [0.15, 0.2) is 0 Å². The molecule has 2 aliphatic rings. The van der Waals surface area contributed by atoms with E-state index < -0.39 is 0 Å². The van der Waals surface area contributed by atoms with Gasteiger partial charge in [-0.2, -0.15) is 4.98 Å². The van der Waals surface area contributed by atoms with Crippen molar-refractivity contribution in [1.29, 1.82) is 0 Å². The molecule has 2 aromatic heterocycles. The number of hydrogen-bond donors (Lipinski definition) is 2. The van der Waals surface area contributed by atoms with Crippen molar-refractivity contribution in [3.05, 3.63) is 51.4 Å². The number of aromatic nitrogens is 3. The second kappa shape index (κ2) is 13.7. The van der Waals surface area contributed by atoms with E-state index in [1.807, 2.05) is 13.8 Å². The summed E-state index contributed by atoms with van der Waals surface area (Å²) in [6.45, 7) is 8.21. The van der Waals surface area contributed by atoms with Crippen LogP contribution in [0.5, 0.6) is 11.5 Å². The van der Waals surface area contributed by atoms with E-state index in [0.717, 1.165) is 38.2 Å². The number of halogens is 1. The van der Waals surface area contributed by atoms with Crippen LogP contribution in [0.1, 0.15) is 26.7 Å².